The SMILES string of the molecule is CC(C)Cc1ccc(C(O)Cn2ncn(C)c2=O)cc1. The number of rotatable bonds is 5. The molecule has 108 valence electrons. The summed E-state index contributed by atoms with van der Waals surface area (Å²) in [5.41, 5.74) is 1.83. The number of aliphatic hydroxyl groups is 1. The Balaban J connectivity index is 2.07. The van der Waals surface area contributed by atoms with Crippen LogP contribution in [0, 0.1) is 5.92 Å². The molecule has 0 radical (unpaired) electrons. The van der Waals surface area contributed by atoms with Crippen LogP contribution in [0.25, 0.3) is 0 Å². The second-order valence-electron chi connectivity index (χ2n) is 5.56. The first-order valence-electron chi connectivity index (χ1n) is 6.82. The highest BCUT2D eigenvalue weighted by Crippen LogP contribution is 2.16. The van der Waals surface area contributed by atoms with E-state index in [9.17, 15) is 9.90 Å². The van der Waals surface area contributed by atoms with Crippen molar-refractivity contribution < 1.29 is 5.11 Å². The molecule has 0 spiro atoms. The second kappa shape index (κ2) is 6.05. The van der Waals surface area contributed by atoms with Gasteiger partial charge in [-0.3, -0.25) is 4.57 Å². The van der Waals surface area contributed by atoms with Crippen LogP contribution in [0.5, 0.6) is 0 Å². The average molecular weight is 275 g/mol. The van der Waals surface area contributed by atoms with Gasteiger partial charge in [-0.05, 0) is 23.5 Å². The Bertz CT molecular complexity index is 611. The van der Waals surface area contributed by atoms with Crippen LogP contribution in [-0.4, -0.2) is 19.5 Å². The number of nitrogens with zero attached hydrogens (tertiary/aromatic N) is 3. The summed E-state index contributed by atoms with van der Waals surface area (Å²) in [7, 11) is 1.64. The van der Waals surface area contributed by atoms with E-state index in [0.717, 1.165) is 12.0 Å². The molecule has 1 unspecified atom stereocenters. The van der Waals surface area contributed by atoms with Crippen LogP contribution in [0.4, 0.5) is 0 Å². The number of hydrogen-bond acceptors (Lipinski definition) is 3. The van der Waals surface area contributed by atoms with Crippen molar-refractivity contribution >= 4 is 0 Å². The fourth-order valence-electron chi connectivity index (χ4n) is 2.16. The molecule has 5 heteroatoms. The van der Waals surface area contributed by atoms with E-state index < -0.39 is 6.10 Å². The van der Waals surface area contributed by atoms with Crippen molar-refractivity contribution in [2.45, 2.75) is 32.9 Å². The van der Waals surface area contributed by atoms with E-state index in [1.165, 1.54) is 21.1 Å². The molecule has 0 amide bonds. The van der Waals surface area contributed by atoms with Gasteiger partial charge in [-0.25, -0.2) is 9.48 Å². The summed E-state index contributed by atoms with van der Waals surface area (Å²) in [5, 5.41) is 14.1. The summed E-state index contributed by atoms with van der Waals surface area (Å²) >= 11 is 0. The molecular weight excluding hydrogens is 254 g/mol. The van der Waals surface area contributed by atoms with E-state index in [1.807, 2.05) is 24.3 Å². The molecular formula is C15H21N3O2. The van der Waals surface area contributed by atoms with Gasteiger partial charge in [0.2, 0.25) is 0 Å². The summed E-state index contributed by atoms with van der Waals surface area (Å²) < 4.78 is 2.66. The Kier molecular flexibility index (Phi) is 4.39. The predicted molar refractivity (Wildman–Crippen MR) is 77.4 cm³/mol. The smallest absolute Gasteiger partial charge is 0.345 e. The molecule has 0 fully saturated rings. The van der Waals surface area contributed by atoms with E-state index in [2.05, 4.69) is 18.9 Å². The standard InChI is InChI=1S/C15H21N3O2/c1-11(2)8-12-4-6-13(7-5-12)14(19)9-18-15(20)17(3)10-16-18/h4-7,10-11,14,19H,8-9H2,1-3H3. The molecule has 1 aromatic carbocycles. The van der Waals surface area contributed by atoms with Gasteiger partial charge in [0.1, 0.15) is 6.33 Å². The van der Waals surface area contributed by atoms with E-state index in [1.54, 1.807) is 7.05 Å². The zero-order valence-corrected chi connectivity index (χ0v) is 12.2. The molecule has 2 aromatic rings. The molecule has 0 aliphatic rings. The van der Waals surface area contributed by atoms with Crippen LogP contribution < -0.4 is 5.69 Å². The van der Waals surface area contributed by atoms with Crippen molar-refractivity contribution in [3.63, 3.8) is 0 Å². The topological polar surface area (TPSA) is 60.0 Å². The first-order valence-corrected chi connectivity index (χ1v) is 6.82. The number of aliphatic hydroxyl groups excluding tert-OH is 1. The number of benzene rings is 1. The first kappa shape index (κ1) is 14.5. The normalized spacial score (nSPS) is 12.8. The summed E-state index contributed by atoms with van der Waals surface area (Å²) in [6.07, 6.45) is 1.74. The maximum Gasteiger partial charge on any atom is 0.345 e. The zero-order valence-electron chi connectivity index (χ0n) is 12.2. The van der Waals surface area contributed by atoms with Crippen molar-refractivity contribution in [2.75, 3.05) is 0 Å². The van der Waals surface area contributed by atoms with Crippen LogP contribution >= 0.6 is 0 Å². The van der Waals surface area contributed by atoms with Gasteiger partial charge in [0.25, 0.3) is 0 Å². The van der Waals surface area contributed by atoms with Crippen LogP contribution in [0.1, 0.15) is 31.1 Å². The van der Waals surface area contributed by atoms with Crippen LogP contribution in [0.15, 0.2) is 35.4 Å². The summed E-state index contributed by atoms with van der Waals surface area (Å²) in [4.78, 5) is 11.7. The van der Waals surface area contributed by atoms with Crippen LogP contribution in [0.2, 0.25) is 0 Å². The lowest BCUT2D eigenvalue weighted by molar-refractivity contribution is 0.149. The van der Waals surface area contributed by atoms with E-state index in [-0.39, 0.29) is 12.2 Å². The first-order chi connectivity index (χ1) is 9.47. The lowest BCUT2D eigenvalue weighted by Gasteiger charge is -2.12. The maximum absolute atomic E-state index is 11.7. The Morgan fingerprint density at radius 2 is 1.90 bits per heavy atom. The summed E-state index contributed by atoms with van der Waals surface area (Å²) in [6.45, 7) is 4.52. The molecule has 2 rings (SSSR count). The van der Waals surface area contributed by atoms with Gasteiger partial charge in [0.05, 0.1) is 12.6 Å². The van der Waals surface area contributed by atoms with Crippen molar-refractivity contribution in [2.24, 2.45) is 13.0 Å². The maximum atomic E-state index is 11.7. The Morgan fingerprint density at radius 1 is 1.25 bits per heavy atom. The van der Waals surface area contributed by atoms with E-state index in [0.29, 0.717) is 5.92 Å². The second-order valence-corrected chi connectivity index (χ2v) is 5.56. The van der Waals surface area contributed by atoms with Crippen molar-refractivity contribution in [3.05, 3.63) is 52.2 Å². The number of hydrogen-bond donors (Lipinski definition) is 1. The van der Waals surface area contributed by atoms with Crippen molar-refractivity contribution in [1.29, 1.82) is 0 Å². The molecule has 0 saturated carbocycles. The average Bonchev–Trinajstić information content (AvgIpc) is 2.71. The molecule has 1 aromatic heterocycles. The van der Waals surface area contributed by atoms with Gasteiger partial charge in [-0.15, -0.1) is 0 Å². The fourth-order valence-corrected chi connectivity index (χ4v) is 2.16. The fraction of sp³-hybridized carbons (Fsp3) is 0.467. The minimum Gasteiger partial charge on any atom is -0.386 e. The molecule has 20 heavy (non-hydrogen) atoms. The molecule has 0 bridgehead atoms. The highest BCUT2D eigenvalue weighted by Gasteiger charge is 2.11. The Hall–Kier alpha value is -1.88. The van der Waals surface area contributed by atoms with Crippen LogP contribution in [0.3, 0.4) is 0 Å². The van der Waals surface area contributed by atoms with Gasteiger partial charge in [-0.1, -0.05) is 38.1 Å². The third-order valence-electron chi connectivity index (χ3n) is 3.24. The van der Waals surface area contributed by atoms with Gasteiger partial charge >= 0.3 is 5.69 Å². The Labute approximate surface area is 118 Å². The minimum atomic E-state index is -0.726. The largest absolute Gasteiger partial charge is 0.386 e. The molecule has 1 atom stereocenters. The lowest BCUT2D eigenvalue weighted by Crippen LogP contribution is -2.25. The molecule has 5 nitrogen and oxygen atoms in total. The predicted octanol–water partition coefficient (Wildman–Crippen LogP) is 1.51. The molecule has 1 N–H and O–H groups in total. The number of aryl methyl sites for hydroxylation is 1. The quantitative estimate of drug-likeness (QED) is 0.900. The molecule has 0 aliphatic carbocycles. The van der Waals surface area contributed by atoms with Crippen molar-refractivity contribution in [1.82, 2.24) is 14.3 Å². The van der Waals surface area contributed by atoms with Gasteiger partial charge in [0.15, 0.2) is 0 Å². The highest BCUT2D eigenvalue weighted by molar-refractivity contribution is 5.24. The summed E-state index contributed by atoms with van der Waals surface area (Å²) in [6, 6.07) is 7.88. The Morgan fingerprint density at radius 3 is 2.40 bits per heavy atom. The molecule has 1 heterocycles. The number of aromatic nitrogens is 3. The van der Waals surface area contributed by atoms with Gasteiger partial charge in [-0.2, -0.15) is 5.10 Å². The molecule has 0 aliphatic heterocycles. The van der Waals surface area contributed by atoms with Gasteiger partial charge in [0, 0.05) is 7.05 Å². The third-order valence-corrected chi connectivity index (χ3v) is 3.24. The van der Waals surface area contributed by atoms with Gasteiger partial charge < -0.3 is 5.11 Å². The minimum absolute atomic E-state index is 0.170. The monoisotopic (exact) mass is 275 g/mol. The highest BCUT2D eigenvalue weighted by atomic mass is 16.3. The third kappa shape index (κ3) is 3.36. The summed E-state index contributed by atoms with van der Waals surface area (Å²) in [5.74, 6) is 0.609. The van der Waals surface area contributed by atoms with Crippen molar-refractivity contribution in [3.8, 4) is 0 Å². The van der Waals surface area contributed by atoms with E-state index in [4.69, 9.17) is 0 Å². The molecule has 0 saturated heterocycles. The van der Waals surface area contributed by atoms with Crippen LogP contribution in [-0.2, 0) is 20.0 Å². The van der Waals surface area contributed by atoms with E-state index >= 15 is 0 Å². The lowest BCUT2D eigenvalue weighted by atomic mass is 10.0. The zero-order chi connectivity index (χ0) is 14.7.